The van der Waals surface area contributed by atoms with Crippen molar-refractivity contribution in [2.45, 2.75) is 13.3 Å². The number of rotatable bonds is 3. The molecule has 0 aliphatic carbocycles. The van der Waals surface area contributed by atoms with E-state index in [4.69, 9.17) is 22.8 Å². The number of nitrogens with zero attached hydrogens (tertiary/aromatic N) is 2. The number of fused-ring (bicyclic) bond motifs is 1. The number of terminal acetylenes is 1. The highest BCUT2D eigenvalue weighted by atomic mass is 35.5. The number of hydrogen-bond acceptors (Lipinski definition) is 4. The summed E-state index contributed by atoms with van der Waals surface area (Å²) in [7, 11) is 0. The molecular formula is C11H9ClN2OS. The molecule has 0 spiro atoms. The Morgan fingerprint density at radius 3 is 3.06 bits per heavy atom. The van der Waals surface area contributed by atoms with Gasteiger partial charge >= 0.3 is 0 Å². The van der Waals surface area contributed by atoms with Gasteiger partial charge in [0.25, 0.3) is 0 Å². The summed E-state index contributed by atoms with van der Waals surface area (Å²) < 4.78 is 5.34. The molecule has 0 bridgehead atoms. The van der Waals surface area contributed by atoms with Crippen molar-refractivity contribution in [2.75, 3.05) is 6.61 Å². The van der Waals surface area contributed by atoms with Crippen LogP contribution in [-0.4, -0.2) is 16.6 Å². The zero-order valence-corrected chi connectivity index (χ0v) is 10.2. The van der Waals surface area contributed by atoms with Crippen LogP contribution in [0.5, 0.6) is 5.88 Å². The van der Waals surface area contributed by atoms with Crippen LogP contribution in [0, 0.1) is 12.3 Å². The molecule has 3 nitrogen and oxygen atoms in total. The van der Waals surface area contributed by atoms with Crippen LogP contribution in [-0.2, 0) is 6.42 Å². The molecule has 0 saturated heterocycles. The number of thiophene rings is 1. The Kier molecular flexibility index (Phi) is 3.28. The lowest BCUT2D eigenvalue weighted by atomic mass is 10.3. The number of halogens is 1. The topological polar surface area (TPSA) is 35.0 Å². The predicted molar refractivity (Wildman–Crippen MR) is 66.1 cm³/mol. The molecule has 2 heterocycles. The van der Waals surface area contributed by atoms with Crippen LogP contribution in [0.3, 0.4) is 0 Å². The van der Waals surface area contributed by atoms with Gasteiger partial charge in [-0.3, -0.25) is 0 Å². The first-order valence-corrected chi connectivity index (χ1v) is 5.96. The van der Waals surface area contributed by atoms with Gasteiger partial charge in [0.1, 0.15) is 4.83 Å². The van der Waals surface area contributed by atoms with Gasteiger partial charge in [-0.25, -0.2) is 4.98 Å². The average molecular weight is 253 g/mol. The Morgan fingerprint density at radius 2 is 2.38 bits per heavy atom. The van der Waals surface area contributed by atoms with Crippen molar-refractivity contribution in [3.8, 4) is 18.2 Å². The van der Waals surface area contributed by atoms with E-state index in [0.717, 1.165) is 16.6 Å². The number of ether oxygens (including phenoxy) is 1. The molecule has 16 heavy (non-hydrogen) atoms. The van der Waals surface area contributed by atoms with E-state index in [-0.39, 0.29) is 11.9 Å². The van der Waals surface area contributed by atoms with Gasteiger partial charge in [-0.05, 0) is 24.1 Å². The van der Waals surface area contributed by atoms with Gasteiger partial charge < -0.3 is 4.74 Å². The summed E-state index contributed by atoms with van der Waals surface area (Å²) >= 11 is 7.40. The minimum Gasteiger partial charge on any atom is -0.464 e. The Bertz CT molecular complexity index is 559. The fraction of sp³-hybridized carbons (Fsp3) is 0.273. The zero-order chi connectivity index (χ0) is 11.5. The largest absolute Gasteiger partial charge is 0.464 e. The molecule has 2 aromatic heterocycles. The summed E-state index contributed by atoms with van der Waals surface area (Å²) in [4.78, 5) is 10.2. The van der Waals surface area contributed by atoms with Crippen molar-refractivity contribution in [3.05, 3.63) is 16.2 Å². The highest BCUT2D eigenvalue weighted by Crippen LogP contribution is 2.31. The molecule has 2 rings (SSSR count). The van der Waals surface area contributed by atoms with Gasteiger partial charge in [0.2, 0.25) is 11.2 Å². The third-order valence-corrected chi connectivity index (χ3v) is 3.36. The normalized spacial score (nSPS) is 10.3. The molecule has 0 N–H and O–H groups in total. The van der Waals surface area contributed by atoms with Crippen molar-refractivity contribution in [1.29, 1.82) is 0 Å². The Balaban J connectivity index is 2.53. The summed E-state index contributed by atoms with van der Waals surface area (Å²) in [6.07, 6.45) is 6.09. The molecule has 0 saturated carbocycles. The van der Waals surface area contributed by atoms with E-state index in [1.807, 2.05) is 6.07 Å². The van der Waals surface area contributed by atoms with Gasteiger partial charge in [-0.1, -0.05) is 12.8 Å². The maximum Gasteiger partial charge on any atom is 0.227 e. The molecule has 0 radical (unpaired) electrons. The lowest BCUT2D eigenvalue weighted by molar-refractivity contribution is 0.360. The third-order valence-electron chi connectivity index (χ3n) is 2.02. The summed E-state index contributed by atoms with van der Waals surface area (Å²) in [5, 5.41) is 1.06. The molecule has 0 aliphatic rings. The second kappa shape index (κ2) is 4.69. The molecule has 0 amide bonds. The molecule has 0 aromatic carbocycles. The number of aromatic nitrogens is 2. The lowest BCUT2D eigenvalue weighted by Gasteiger charge is -2.02. The summed E-state index contributed by atoms with van der Waals surface area (Å²) in [5.74, 6) is 2.86. The van der Waals surface area contributed by atoms with Crippen LogP contribution < -0.4 is 4.74 Å². The van der Waals surface area contributed by atoms with E-state index in [1.54, 1.807) is 11.3 Å². The van der Waals surface area contributed by atoms with Gasteiger partial charge in [0.15, 0.2) is 6.61 Å². The van der Waals surface area contributed by atoms with E-state index < -0.39 is 0 Å². The summed E-state index contributed by atoms with van der Waals surface area (Å²) in [6, 6.07) is 2.02. The lowest BCUT2D eigenvalue weighted by Crippen LogP contribution is -1.97. The quantitative estimate of drug-likeness (QED) is 0.622. The van der Waals surface area contributed by atoms with Crippen LogP contribution in [0.1, 0.15) is 11.8 Å². The van der Waals surface area contributed by atoms with Crippen LogP contribution in [0.4, 0.5) is 0 Å². The molecule has 0 fully saturated rings. The fourth-order valence-corrected chi connectivity index (χ4v) is 2.48. The zero-order valence-electron chi connectivity index (χ0n) is 8.66. The molecule has 82 valence electrons. The maximum absolute atomic E-state index is 5.81. The van der Waals surface area contributed by atoms with Crippen molar-refractivity contribution in [3.63, 3.8) is 0 Å². The van der Waals surface area contributed by atoms with E-state index in [2.05, 4.69) is 22.8 Å². The molecule has 2 aromatic rings. The van der Waals surface area contributed by atoms with Gasteiger partial charge in [-0.15, -0.1) is 17.8 Å². The van der Waals surface area contributed by atoms with E-state index in [9.17, 15) is 0 Å². The minimum absolute atomic E-state index is 0.180. The molecule has 5 heteroatoms. The van der Waals surface area contributed by atoms with Crippen molar-refractivity contribution >= 4 is 33.2 Å². The maximum atomic E-state index is 5.81. The number of aryl methyl sites for hydroxylation is 1. The minimum atomic E-state index is 0.180. The Morgan fingerprint density at radius 1 is 1.56 bits per heavy atom. The third kappa shape index (κ3) is 2.11. The first-order chi connectivity index (χ1) is 7.74. The predicted octanol–water partition coefficient (Wildman–Crippen LogP) is 2.92. The van der Waals surface area contributed by atoms with Crippen molar-refractivity contribution in [2.24, 2.45) is 0 Å². The summed E-state index contributed by atoms with van der Waals surface area (Å²) in [5.41, 5.74) is 0. The average Bonchev–Trinajstić information content (AvgIpc) is 2.68. The van der Waals surface area contributed by atoms with Gasteiger partial charge in [0, 0.05) is 4.88 Å². The fourth-order valence-electron chi connectivity index (χ4n) is 1.31. The second-order valence-corrected chi connectivity index (χ2v) is 4.53. The molecule has 0 atom stereocenters. The van der Waals surface area contributed by atoms with Crippen LogP contribution in [0.2, 0.25) is 5.28 Å². The Hall–Kier alpha value is -1.31. The van der Waals surface area contributed by atoms with Gasteiger partial charge in [-0.2, -0.15) is 4.98 Å². The van der Waals surface area contributed by atoms with Crippen molar-refractivity contribution in [1.82, 2.24) is 9.97 Å². The molecule has 0 aliphatic heterocycles. The highest BCUT2D eigenvalue weighted by Gasteiger charge is 2.11. The first-order valence-electron chi connectivity index (χ1n) is 4.76. The standard InChI is InChI=1S/C11H9ClN2OS/c1-3-5-15-9-8-6-7(4-2)16-10(8)14-11(12)13-9/h1,6H,4-5H2,2H3. The smallest absolute Gasteiger partial charge is 0.227 e. The van der Waals surface area contributed by atoms with Crippen LogP contribution in [0.15, 0.2) is 6.07 Å². The highest BCUT2D eigenvalue weighted by molar-refractivity contribution is 7.18. The van der Waals surface area contributed by atoms with Crippen LogP contribution >= 0.6 is 22.9 Å². The Labute approximate surface area is 102 Å². The first kappa shape index (κ1) is 11.2. The number of hydrogen-bond donors (Lipinski definition) is 0. The molecule has 0 unspecified atom stereocenters. The van der Waals surface area contributed by atoms with Crippen LogP contribution in [0.25, 0.3) is 10.2 Å². The SMILES string of the molecule is C#CCOc1nc(Cl)nc2sc(CC)cc12. The summed E-state index contributed by atoms with van der Waals surface area (Å²) in [6.45, 7) is 2.27. The van der Waals surface area contributed by atoms with E-state index >= 15 is 0 Å². The van der Waals surface area contributed by atoms with Crippen molar-refractivity contribution < 1.29 is 4.74 Å². The second-order valence-electron chi connectivity index (χ2n) is 3.08. The van der Waals surface area contributed by atoms with Gasteiger partial charge in [0.05, 0.1) is 5.39 Å². The van der Waals surface area contributed by atoms with E-state index in [0.29, 0.717) is 5.88 Å². The van der Waals surface area contributed by atoms with E-state index in [1.165, 1.54) is 4.88 Å². The molecular weight excluding hydrogens is 244 g/mol. The monoisotopic (exact) mass is 252 g/mol.